The van der Waals surface area contributed by atoms with Crippen LogP contribution >= 0.6 is 11.3 Å². The van der Waals surface area contributed by atoms with Gasteiger partial charge >= 0.3 is 0 Å². The predicted molar refractivity (Wildman–Crippen MR) is 68.9 cm³/mol. The number of hydrogen-bond donors (Lipinski definition) is 1. The molecule has 0 saturated carbocycles. The third-order valence-corrected chi connectivity index (χ3v) is 3.77. The Hall–Kier alpha value is -1.32. The number of ether oxygens (including phenoxy) is 1. The molecule has 2 N–H and O–H groups in total. The second-order valence-electron chi connectivity index (χ2n) is 3.69. The summed E-state index contributed by atoms with van der Waals surface area (Å²) >= 11 is 1.72. The third-order valence-electron chi connectivity index (χ3n) is 2.45. The Labute approximate surface area is 99.7 Å². The zero-order chi connectivity index (χ0) is 11.5. The van der Waals surface area contributed by atoms with Gasteiger partial charge in [-0.05, 0) is 31.2 Å². The molecule has 0 fully saturated rings. The van der Waals surface area contributed by atoms with Crippen molar-refractivity contribution >= 4 is 11.3 Å². The van der Waals surface area contributed by atoms with E-state index in [1.54, 1.807) is 18.4 Å². The summed E-state index contributed by atoms with van der Waals surface area (Å²) in [6, 6.07) is 12.3. The van der Waals surface area contributed by atoms with Crippen LogP contribution in [0.4, 0.5) is 0 Å². The number of methoxy groups -OCH3 is 1. The van der Waals surface area contributed by atoms with Crippen molar-refractivity contribution in [1.82, 2.24) is 0 Å². The molecule has 3 heteroatoms. The molecule has 0 bridgehead atoms. The van der Waals surface area contributed by atoms with E-state index >= 15 is 0 Å². The average molecular weight is 233 g/mol. The van der Waals surface area contributed by atoms with Crippen LogP contribution in [0.1, 0.15) is 17.8 Å². The quantitative estimate of drug-likeness (QED) is 0.881. The van der Waals surface area contributed by atoms with E-state index in [2.05, 4.69) is 18.2 Å². The molecule has 0 amide bonds. The van der Waals surface area contributed by atoms with Gasteiger partial charge in [-0.15, -0.1) is 11.3 Å². The van der Waals surface area contributed by atoms with Crippen molar-refractivity contribution in [3.05, 3.63) is 41.3 Å². The van der Waals surface area contributed by atoms with Crippen molar-refractivity contribution in [3.8, 4) is 16.2 Å². The monoisotopic (exact) mass is 233 g/mol. The van der Waals surface area contributed by atoms with E-state index in [9.17, 15) is 0 Å². The minimum Gasteiger partial charge on any atom is -0.496 e. The van der Waals surface area contributed by atoms with Crippen LogP contribution in [0.3, 0.4) is 0 Å². The zero-order valence-corrected chi connectivity index (χ0v) is 10.3. The van der Waals surface area contributed by atoms with Gasteiger partial charge in [0.25, 0.3) is 0 Å². The molecule has 2 nitrogen and oxygen atoms in total. The fourth-order valence-electron chi connectivity index (χ4n) is 1.59. The Morgan fingerprint density at radius 2 is 1.94 bits per heavy atom. The van der Waals surface area contributed by atoms with Crippen LogP contribution in [0, 0.1) is 0 Å². The van der Waals surface area contributed by atoms with E-state index in [-0.39, 0.29) is 6.04 Å². The second kappa shape index (κ2) is 4.68. The number of rotatable bonds is 3. The van der Waals surface area contributed by atoms with Crippen molar-refractivity contribution < 1.29 is 4.74 Å². The number of thiophene rings is 1. The van der Waals surface area contributed by atoms with Gasteiger partial charge in [0.1, 0.15) is 5.75 Å². The van der Waals surface area contributed by atoms with E-state index in [0.29, 0.717) is 0 Å². The number of nitrogens with two attached hydrogens (primary N) is 1. The average Bonchev–Trinajstić information content (AvgIpc) is 2.78. The van der Waals surface area contributed by atoms with Gasteiger partial charge in [0.2, 0.25) is 0 Å². The molecule has 0 aliphatic rings. The maximum absolute atomic E-state index is 5.85. The SMILES string of the molecule is COc1ccccc1-c1ccc([C@@H](C)N)s1. The molecule has 0 unspecified atom stereocenters. The van der Waals surface area contributed by atoms with Crippen molar-refractivity contribution in [3.63, 3.8) is 0 Å². The Morgan fingerprint density at radius 3 is 2.56 bits per heavy atom. The summed E-state index contributed by atoms with van der Waals surface area (Å²) in [5.74, 6) is 0.903. The Morgan fingerprint density at radius 1 is 1.19 bits per heavy atom. The normalized spacial score (nSPS) is 12.4. The van der Waals surface area contributed by atoms with Gasteiger partial charge < -0.3 is 10.5 Å². The molecule has 0 aliphatic carbocycles. The molecule has 1 aromatic heterocycles. The van der Waals surface area contributed by atoms with E-state index in [1.807, 2.05) is 25.1 Å². The van der Waals surface area contributed by atoms with Crippen LogP contribution in [0.2, 0.25) is 0 Å². The van der Waals surface area contributed by atoms with Gasteiger partial charge in [0.15, 0.2) is 0 Å². The van der Waals surface area contributed by atoms with Gasteiger partial charge in [0, 0.05) is 21.4 Å². The smallest absolute Gasteiger partial charge is 0.127 e. The van der Waals surface area contributed by atoms with Crippen molar-refractivity contribution in [2.24, 2.45) is 5.73 Å². The molecule has 2 rings (SSSR count). The lowest BCUT2D eigenvalue weighted by Gasteiger charge is -2.05. The molecule has 0 saturated heterocycles. The van der Waals surface area contributed by atoms with Crippen LogP contribution in [-0.4, -0.2) is 7.11 Å². The standard InChI is InChI=1S/C13H15NOS/c1-9(14)12-7-8-13(16-12)10-5-3-4-6-11(10)15-2/h3-9H,14H2,1-2H3/t9-/m1/s1. The lowest BCUT2D eigenvalue weighted by Crippen LogP contribution is -2.01. The maximum atomic E-state index is 5.85. The highest BCUT2D eigenvalue weighted by molar-refractivity contribution is 7.15. The molecule has 1 heterocycles. The van der Waals surface area contributed by atoms with Crippen LogP contribution < -0.4 is 10.5 Å². The fraction of sp³-hybridized carbons (Fsp3) is 0.231. The summed E-state index contributed by atoms with van der Waals surface area (Å²) in [5.41, 5.74) is 6.98. The topological polar surface area (TPSA) is 35.2 Å². The van der Waals surface area contributed by atoms with Crippen LogP contribution in [0.15, 0.2) is 36.4 Å². The van der Waals surface area contributed by atoms with Crippen LogP contribution in [-0.2, 0) is 0 Å². The van der Waals surface area contributed by atoms with Crippen LogP contribution in [0.5, 0.6) is 5.75 Å². The summed E-state index contributed by atoms with van der Waals surface area (Å²) in [7, 11) is 1.69. The Bertz CT molecular complexity index is 476. The van der Waals surface area contributed by atoms with E-state index < -0.39 is 0 Å². The van der Waals surface area contributed by atoms with Gasteiger partial charge in [-0.3, -0.25) is 0 Å². The molecule has 0 aliphatic heterocycles. The van der Waals surface area contributed by atoms with Gasteiger partial charge in [-0.25, -0.2) is 0 Å². The van der Waals surface area contributed by atoms with Crippen molar-refractivity contribution in [2.75, 3.05) is 7.11 Å². The first-order valence-electron chi connectivity index (χ1n) is 5.21. The molecular formula is C13H15NOS. The number of para-hydroxylation sites is 1. The molecule has 2 aromatic rings. The third kappa shape index (κ3) is 2.10. The highest BCUT2D eigenvalue weighted by Crippen LogP contribution is 2.35. The highest BCUT2D eigenvalue weighted by Gasteiger charge is 2.09. The lowest BCUT2D eigenvalue weighted by molar-refractivity contribution is 0.416. The highest BCUT2D eigenvalue weighted by atomic mass is 32.1. The van der Waals surface area contributed by atoms with Crippen LogP contribution in [0.25, 0.3) is 10.4 Å². The summed E-state index contributed by atoms with van der Waals surface area (Å²) in [6.45, 7) is 2.00. The summed E-state index contributed by atoms with van der Waals surface area (Å²) in [4.78, 5) is 2.39. The summed E-state index contributed by atoms with van der Waals surface area (Å²) < 4.78 is 5.34. The first-order chi connectivity index (χ1) is 7.72. The predicted octanol–water partition coefficient (Wildman–Crippen LogP) is 3.44. The van der Waals surface area contributed by atoms with Crippen molar-refractivity contribution in [2.45, 2.75) is 13.0 Å². The first kappa shape index (κ1) is 11.2. The van der Waals surface area contributed by atoms with Gasteiger partial charge in [-0.2, -0.15) is 0 Å². The zero-order valence-electron chi connectivity index (χ0n) is 9.44. The lowest BCUT2D eigenvalue weighted by atomic mass is 10.1. The summed E-state index contributed by atoms with van der Waals surface area (Å²) in [6.07, 6.45) is 0. The fourth-order valence-corrected chi connectivity index (χ4v) is 2.58. The number of hydrogen-bond acceptors (Lipinski definition) is 3. The van der Waals surface area contributed by atoms with E-state index in [0.717, 1.165) is 11.3 Å². The molecule has 0 radical (unpaired) electrons. The number of benzene rings is 1. The minimum atomic E-state index is 0.0912. The Kier molecular flexibility index (Phi) is 3.27. The van der Waals surface area contributed by atoms with Crippen molar-refractivity contribution in [1.29, 1.82) is 0 Å². The molecule has 1 atom stereocenters. The first-order valence-corrected chi connectivity index (χ1v) is 6.02. The molecule has 0 spiro atoms. The molecule has 16 heavy (non-hydrogen) atoms. The maximum Gasteiger partial charge on any atom is 0.127 e. The Balaban J connectivity index is 2.42. The molecule has 84 valence electrons. The largest absolute Gasteiger partial charge is 0.496 e. The van der Waals surface area contributed by atoms with Gasteiger partial charge in [0.05, 0.1) is 7.11 Å². The minimum absolute atomic E-state index is 0.0912. The molecule has 1 aromatic carbocycles. The molecular weight excluding hydrogens is 218 g/mol. The van der Waals surface area contributed by atoms with Gasteiger partial charge in [-0.1, -0.05) is 12.1 Å². The van der Waals surface area contributed by atoms with E-state index in [1.165, 1.54) is 9.75 Å². The van der Waals surface area contributed by atoms with E-state index in [4.69, 9.17) is 10.5 Å². The second-order valence-corrected chi connectivity index (χ2v) is 4.81. The summed E-state index contributed by atoms with van der Waals surface area (Å²) in [5, 5.41) is 0.